The minimum Gasteiger partial charge on any atom is -0.462 e. The molecule has 9 nitrogen and oxygen atoms in total. The lowest BCUT2D eigenvalue weighted by atomic mass is 10.2. The van der Waals surface area contributed by atoms with E-state index in [9.17, 15) is 24.5 Å². The van der Waals surface area contributed by atoms with Gasteiger partial charge in [0.15, 0.2) is 0 Å². The van der Waals surface area contributed by atoms with Gasteiger partial charge in [-0.3, -0.25) is 24.6 Å². The van der Waals surface area contributed by atoms with Crippen LogP contribution in [-0.4, -0.2) is 45.1 Å². The van der Waals surface area contributed by atoms with Gasteiger partial charge in [-0.1, -0.05) is 36.1 Å². The quantitative estimate of drug-likeness (QED) is 0.214. The lowest BCUT2D eigenvalue weighted by molar-refractivity contribution is -0.384. The van der Waals surface area contributed by atoms with Crippen molar-refractivity contribution in [3.05, 3.63) is 74.7 Å². The molecule has 11 heteroatoms. The summed E-state index contributed by atoms with van der Waals surface area (Å²) >= 11 is 6.24. The highest BCUT2D eigenvalue weighted by Gasteiger charge is 2.33. The van der Waals surface area contributed by atoms with Crippen LogP contribution in [-0.2, 0) is 14.3 Å². The summed E-state index contributed by atoms with van der Waals surface area (Å²) in [7, 11) is 0. The minimum absolute atomic E-state index is 0.0948. The molecular formula is C21H17N3O6S2. The van der Waals surface area contributed by atoms with E-state index in [4.69, 9.17) is 17.0 Å². The van der Waals surface area contributed by atoms with Crippen molar-refractivity contribution in [1.82, 2.24) is 4.90 Å². The number of esters is 1. The first-order chi connectivity index (χ1) is 15.3. The number of nitro groups is 1. The third kappa shape index (κ3) is 5.56. The Balaban J connectivity index is 1.65. The van der Waals surface area contributed by atoms with E-state index >= 15 is 0 Å². The Morgan fingerprint density at radius 3 is 2.62 bits per heavy atom. The fourth-order valence-corrected chi connectivity index (χ4v) is 4.02. The highest BCUT2D eigenvalue weighted by atomic mass is 32.2. The molecule has 2 amide bonds. The summed E-state index contributed by atoms with van der Waals surface area (Å²) in [5.74, 6) is -1.39. The normalized spacial score (nSPS) is 14.5. The van der Waals surface area contributed by atoms with Crippen molar-refractivity contribution in [2.75, 3.05) is 18.5 Å². The molecule has 1 heterocycles. The van der Waals surface area contributed by atoms with Gasteiger partial charge >= 0.3 is 5.97 Å². The Bertz CT molecular complexity index is 1130. The molecule has 1 aliphatic rings. The number of carbonyl (C=O) groups excluding carboxylic acids is 3. The van der Waals surface area contributed by atoms with E-state index in [0.717, 1.165) is 16.7 Å². The summed E-state index contributed by atoms with van der Waals surface area (Å²) in [6, 6.07) is 12.0. The average Bonchev–Trinajstić information content (AvgIpc) is 3.02. The molecule has 3 rings (SSSR count). The van der Waals surface area contributed by atoms with Gasteiger partial charge in [0.1, 0.15) is 10.9 Å². The molecule has 0 atom stereocenters. The minimum atomic E-state index is -0.522. The predicted octanol–water partition coefficient (Wildman–Crippen LogP) is 3.61. The molecule has 0 bridgehead atoms. The van der Waals surface area contributed by atoms with Gasteiger partial charge in [-0.15, -0.1) is 0 Å². The standard InChI is InChI=1S/C21H17N3O6S2/c1-2-30-20(27)14-6-8-15(9-7-14)22-18(25)12-23-19(26)17(32-21(23)31)11-13-4-3-5-16(10-13)24(28)29/h3-11H,2,12H2,1H3,(H,22,25)/b17-11-. The Morgan fingerprint density at radius 2 is 1.97 bits per heavy atom. The highest BCUT2D eigenvalue weighted by molar-refractivity contribution is 8.26. The fraction of sp³-hybridized carbons (Fsp3) is 0.143. The van der Waals surface area contributed by atoms with Crippen molar-refractivity contribution in [2.45, 2.75) is 6.92 Å². The zero-order valence-corrected chi connectivity index (χ0v) is 18.4. The molecule has 1 saturated heterocycles. The van der Waals surface area contributed by atoms with Crippen LogP contribution in [0.1, 0.15) is 22.8 Å². The van der Waals surface area contributed by atoms with Crippen LogP contribution >= 0.6 is 24.0 Å². The van der Waals surface area contributed by atoms with Gasteiger partial charge < -0.3 is 10.1 Å². The molecule has 0 saturated carbocycles. The number of ether oxygens (including phenoxy) is 1. The number of thiocarbonyl (C=S) groups is 1. The number of thioether (sulfide) groups is 1. The number of hydrogen-bond donors (Lipinski definition) is 1. The van der Waals surface area contributed by atoms with Crippen LogP contribution in [0.15, 0.2) is 53.4 Å². The number of amides is 2. The van der Waals surface area contributed by atoms with Gasteiger partial charge in [-0.05, 0) is 42.8 Å². The molecule has 0 aliphatic carbocycles. The van der Waals surface area contributed by atoms with Crippen molar-refractivity contribution in [3.63, 3.8) is 0 Å². The summed E-state index contributed by atoms with van der Waals surface area (Å²) in [4.78, 5) is 48.6. The number of hydrogen-bond acceptors (Lipinski definition) is 8. The molecule has 0 unspecified atom stereocenters. The maximum atomic E-state index is 12.7. The first-order valence-corrected chi connectivity index (χ1v) is 10.6. The van der Waals surface area contributed by atoms with Crippen molar-refractivity contribution >= 4 is 63.5 Å². The number of nitrogens with one attached hydrogen (secondary N) is 1. The number of carbonyl (C=O) groups is 3. The van der Waals surface area contributed by atoms with Gasteiger partial charge in [0.2, 0.25) is 5.91 Å². The first kappa shape index (κ1) is 23.1. The molecule has 0 radical (unpaired) electrons. The van der Waals surface area contributed by atoms with E-state index in [0.29, 0.717) is 16.8 Å². The lowest BCUT2D eigenvalue weighted by Gasteiger charge is -2.14. The van der Waals surface area contributed by atoms with Crippen molar-refractivity contribution in [3.8, 4) is 0 Å². The van der Waals surface area contributed by atoms with Crippen LogP contribution in [0.25, 0.3) is 6.08 Å². The zero-order valence-electron chi connectivity index (χ0n) is 16.8. The predicted molar refractivity (Wildman–Crippen MR) is 124 cm³/mol. The number of rotatable bonds is 7. The molecule has 2 aromatic rings. The molecule has 164 valence electrons. The van der Waals surface area contributed by atoms with Gasteiger partial charge in [-0.2, -0.15) is 0 Å². The highest BCUT2D eigenvalue weighted by Crippen LogP contribution is 2.32. The third-order valence-corrected chi connectivity index (χ3v) is 5.61. The monoisotopic (exact) mass is 471 g/mol. The average molecular weight is 472 g/mol. The van der Waals surface area contributed by atoms with Crippen molar-refractivity contribution in [1.29, 1.82) is 0 Å². The van der Waals surface area contributed by atoms with Crippen LogP contribution < -0.4 is 5.32 Å². The Morgan fingerprint density at radius 1 is 1.25 bits per heavy atom. The van der Waals surface area contributed by atoms with Gasteiger partial charge in [0.25, 0.3) is 11.6 Å². The maximum Gasteiger partial charge on any atom is 0.338 e. The second kappa shape index (κ2) is 10.2. The smallest absolute Gasteiger partial charge is 0.338 e. The van der Waals surface area contributed by atoms with Crippen LogP contribution in [0.2, 0.25) is 0 Å². The van der Waals surface area contributed by atoms with Crippen LogP contribution in [0.5, 0.6) is 0 Å². The Hall–Kier alpha value is -3.57. The second-order valence-electron chi connectivity index (χ2n) is 6.47. The molecule has 1 N–H and O–H groups in total. The molecule has 1 fully saturated rings. The van der Waals surface area contributed by atoms with E-state index in [1.165, 1.54) is 36.4 Å². The third-order valence-electron chi connectivity index (χ3n) is 4.23. The summed E-state index contributed by atoms with van der Waals surface area (Å²) in [6.07, 6.45) is 1.50. The second-order valence-corrected chi connectivity index (χ2v) is 8.14. The molecular weight excluding hydrogens is 454 g/mol. The van der Waals surface area contributed by atoms with E-state index in [2.05, 4.69) is 5.32 Å². The summed E-state index contributed by atoms with van der Waals surface area (Å²) < 4.78 is 5.11. The molecule has 1 aliphatic heterocycles. The summed E-state index contributed by atoms with van der Waals surface area (Å²) in [6.45, 7) is 1.67. The number of anilines is 1. The summed E-state index contributed by atoms with van der Waals surface area (Å²) in [5.41, 5.74) is 1.18. The fourth-order valence-electron chi connectivity index (χ4n) is 2.76. The van der Waals surface area contributed by atoms with Crippen LogP contribution in [0.4, 0.5) is 11.4 Å². The maximum absolute atomic E-state index is 12.7. The lowest BCUT2D eigenvalue weighted by Crippen LogP contribution is -2.36. The van der Waals surface area contributed by atoms with Gasteiger partial charge in [0.05, 0.1) is 22.0 Å². The van der Waals surface area contributed by atoms with E-state index in [1.807, 2.05) is 0 Å². The Labute approximate surface area is 192 Å². The van der Waals surface area contributed by atoms with Gasteiger partial charge in [-0.25, -0.2) is 4.79 Å². The SMILES string of the molecule is CCOC(=O)c1ccc(NC(=O)CN2C(=O)/C(=C/c3cccc([N+](=O)[O-])c3)SC2=S)cc1. The summed E-state index contributed by atoms with van der Waals surface area (Å²) in [5, 5.41) is 13.6. The van der Waals surface area contributed by atoms with E-state index < -0.39 is 22.7 Å². The number of nitrogens with zero attached hydrogens (tertiary/aromatic N) is 2. The first-order valence-electron chi connectivity index (χ1n) is 9.35. The van der Waals surface area contributed by atoms with Crippen LogP contribution in [0.3, 0.4) is 0 Å². The molecule has 2 aromatic carbocycles. The number of non-ortho nitro benzene ring substituents is 1. The Kier molecular flexibility index (Phi) is 7.33. The largest absolute Gasteiger partial charge is 0.462 e. The number of benzene rings is 2. The topological polar surface area (TPSA) is 119 Å². The van der Waals surface area contributed by atoms with Crippen LogP contribution in [0, 0.1) is 10.1 Å². The molecule has 0 spiro atoms. The van der Waals surface area contributed by atoms with Crippen molar-refractivity contribution in [2.24, 2.45) is 0 Å². The van der Waals surface area contributed by atoms with E-state index in [1.54, 1.807) is 25.1 Å². The van der Waals surface area contributed by atoms with E-state index in [-0.39, 0.29) is 28.1 Å². The number of nitro benzene ring substituents is 1. The van der Waals surface area contributed by atoms with Gasteiger partial charge in [0, 0.05) is 17.8 Å². The zero-order chi connectivity index (χ0) is 23.3. The molecule has 32 heavy (non-hydrogen) atoms. The van der Waals surface area contributed by atoms with Crippen molar-refractivity contribution < 1.29 is 24.0 Å². The molecule has 0 aromatic heterocycles.